The molecule has 0 bridgehead atoms. The molecule has 110 valence electrons. The molecule has 5 nitrogen and oxygen atoms in total. The number of rotatable bonds is 6. The third-order valence-corrected chi connectivity index (χ3v) is 2.66. The van der Waals surface area contributed by atoms with Crippen LogP contribution in [0.25, 0.3) is 0 Å². The highest BCUT2D eigenvalue weighted by molar-refractivity contribution is 6.04. The van der Waals surface area contributed by atoms with Crippen LogP contribution in [0.3, 0.4) is 0 Å². The molecule has 0 radical (unpaired) electrons. The lowest BCUT2D eigenvalue weighted by molar-refractivity contribution is 0.102. The van der Waals surface area contributed by atoms with E-state index in [-0.39, 0.29) is 5.69 Å². The summed E-state index contributed by atoms with van der Waals surface area (Å²) in [6, 6.07) is 8.99. The van der Waals surface area contributed by atoms with Crippen molar-refractivity contribution >= 4 is 11.6 Å². The average Bonchev–Trinajstić information content (AvgIpc) is 2.50. The van der Waals surface area contributed by atoms with Crippen molar-refractivity contribution in [2.75, 3.05) is 25.6 Å². The van der Waals surface area contributed by atoms with E-state index in [9.17, 15) is 9.18 Å². The van der Waals surface area contributed by atoms with Gasteiger partial charge >= 0.3 is 0 Å². The highest BCUT2D eigenvalue weighted by Crippen LogP contribution is 2.15. The van der Waals surface area contributed by atoms with E-state index in [1.165, 1.54) is 30.5 Å². The van der Waals surface area contributed by atoms with Crippen LogP contribution in [0.15, 0.2) is 42.6 Å². The third-order valence-electron chi connectivity index (χ3n) is 2.66. The Hall–Kier alpha value is -2.47. The molecule has 1 heterocycles. The summed E-state index contributed by atoms with van der Waals surface area (Å²) < 4.78 is 23.7. The van der Waals surface area contributed by atoms with Gasteiger partial charge in [0.2, 0.25) is 5.88 Å². The van der Waals surface area contributed by atoms with Gasteiger partial charge in [-0.15, -0.1) is 0 Å². The molecule has 0 atom stereocenters. The second-order valence-electron chi connectivity index (χ2n) is 4.16. The number of pyridine rings is 1. The highest BCUT2D eigenvalue weighted by atomic mass is 19.1. The molecule has 0 aliphatic rings. The maximum Gasteiger partial charge on any atom is 0.255 e. The largest absolute Gasteiger partial charge is 0.475 e. The van der Waals surface area contributed by atoms with Crippen molar-refractivity contribution in [3.05, 3.63) is 54.0 Å². The molecule has 1 N–H and O–H groups in total. The molecule has 1 aromatic carbocycles. The minimum atomic E-state index is -0.489. The Morgan fingerprint density at radius 1 is 1.29 bits per heavy atom. The summed E-state index contributed by atoms with van der Waals surface area (Å²) in [5, 5.41) is 2.50. The number of halogens is 1. The van der Waals surface area contributed by atoms with Crippen molar-refractivity contribution in [1.82, 2.24) is 4.98 Å². The molecule has 21 heavy (non-hydrogen) atoms. The summed E-state index contributed by atoms with van der Waals surface area (Å²) in [5.74, 6) is -0.608. The number of benzene rings is 1. The van der Waals surface area contributed by atoms with Crippen molar-refractivity contribution < 1.29 is 18.7 Å². The fraction of sp³-hybridized carbons (Fsp3) is 0.200. The molecule has 6 heteroatoms. The van der Waals surface area contributed by atoms with Crippen LogP contribution in [-0.4, -0.2) is 31.2 Å². The van der Waals surface area contributed by atoms with Crippen LogP contribution in [0.4, 0.5) is 10.1 Å². The predicted octanol–water partition coefficient (Wildman–Crippen LogP) is 2.50. The van der Waals surface area contributed by atoms with Gasteiger partial charge in [-0.3, -0.25) is 4.79 Å². The molecular formula is C15H15FN2O3. The predicted molar refractivity (Wildman–Crippen MR) is 76.0 cm³/mol. The Morgan fingerprint density at radius 2 is 2.10 bits per heavy atom. The van der Waals surface area contributed by atoms with Gasteiger partial charge in [0.15, 0.2) is 0 Å². The quantitative estimate of drug-likeness (QED) is 0.830. The average molecular weight is 290 g/mol. The number of nitrogens with zero attached hydrogens (tertiary/aromatic N) is 1. The summed E-state index contributed by atoms with van der Waals surface area (Å²) in [6.07, 6.45) is 1.46. The normalized spacial score (nSPS) is 10.2. The van der Waals surface area contributed by atoms with Gasteiger partial charge in [-0.05, 0) is 18.2 Å². The number of nitrogens with one attached hydrogen (secondary N) is 1. The number of hydrogen-bond acceptors (Lipinski definition) is 4. The monoisotopic (exact) mass is 290 g/mol. The summed E-state index contributed by atoms with van der Waals surface area (Å²) in [6.45, 7) is 0.759. The molecule has 1 aromatic heterocycles. The molecule has 0 unspecified atom stereocenters. The summed E-state index contributed by atoms with van der Waals surface area (Å²) in [5.41, 5.74) is 0.460. The van der Waals surface area contributed by atoms with Gasteiger partial charge in [-0.2, -0.15) is 0 Å². The number of anilines is 1. The maximum absolute atomic E-state index is 13.5. The van der Waals surface area contributed by atoms with Gasteiger partial charge < -0.3 is 14.8 Å². The standard InChI is InChI=1S/C15H15FN2O3/c1-20-8-9-21-14-10-11(6-7-17-14)15(19)18-13-5-3-2-4-12(13)16/h2-7,10H,8-9H2,1H3,(H,18,19). The van der Waals surface area contributed by atoms with Crippen LogP contribution >= 0.6 is 0 Å². The van der Waals surface area contributed by atoms with E-state index in [0.717, 1.165) is 0 Å². The van der Waals surface area contributed by atoms with Gasteiger partial charge in [-0.1, -0.05) is 12.1 Å². The number of methoxy groups -OCH3 is 1. The minimum Gasteiger partial charge on any atom is -0.475 e. The first-order chi connectivity index (χ1) is 10.2. The van der Waals surface area contributed by atoms with Crippen molar-refractivity contribution in [2.45, 2.75) is 0 Å². The summed E-state index contributed by atoms with van der Waals surface area (Å²) >= 11 is 0. The van der Waals surface area contributed by atoms with Crippen LogP contribution in [0.5, 0.6) is 5.88 Å². The number of carbonyl (C=O) groups excluding carboxylic acids is 1. The van der Waals surface area contributed by atoms with E-state index in [1.54, 1.807) is 19.2 Å². The lowest BCUT2D eigenvalue weighted by Gasteiger charge is -2.08. The van der Waals surface area contributed by atoms with Gasteiger partial charge in [-0.25, -0.2) is 9.37 Å². The molecule has 0 aliphatic heterocycles. The molecule has 0 spiro atoms. The van der Waals surface area contributed by atoms with Gasteiger partial charge in [0, 0.05) is 24.9 Å². The number of aromatic nitrogens is 1. The first-order valence-electron chi connectivity index (χ1n) is 6.34. The van der Waals surface area contributed by atoms with Crippen LogP contribution in [-0.2, 0) is 4.74 Å². The highest BCUT2D eigenvalue weighted by Gasteiger charge is 2.10. The van der Waals surface area contributed by atoms with Gasteiger partial charge in [0.05, 0.1) is 12.3 Å². The van der Waals surface area contributed by atoms with E-state index in [4.69, 9.17) is 9.47 Å². The Kier molecular flexibility index (Phi) is 5.22. The minimum absolute atomic E-state index is 0.126. The second kappa shape index (κ2) is 7.35. The fourth-order valence-electron chi connectivity index (χ4n) is 1.62. The lowest BCUT2D eigenvalue weighted by Crippen LogP contribution is -2.13. The van der Waals surface area contributed by atoms with E-state index < -0.39 is 11.7 Å². The van der Waals surface area contributed by atoms with Crippen molar-refractivity contribution in [1.29, 1.82) is 0 Å². The van der Waals surface area contributed by atoms with Gasteiger partial charge in [0.25, 0.3) is 5.91 Å². The topological polar surface area (TPSA) is 60.5 Å². The number of carbonyl (C=O) groups is 1. The lowest BCUT2D eigenvalue weighted by atomic mass is 10.2. The smallest absolute Gasteiger partial charge is 0.255 e. The van der Waals surface area contributed by atoms with Crippen LogP contribution in [0.2, 0.25) is 0 Å². The van der Waals surface area contributed by atoms with E-state index in [1.807, 2.05) is 0 Å². The van der Waals surface area contributed by atoms with Crippen LogP contribution in [0, 0.1) is 5.82 Å². The maximum atomic E-state index is 13.5. The molecule has 0 aliphatic carbocycles. The molecule has 0 saturated carbocycles. The molecule has 0 fully saturated rings. The zero-order valence-electron chi connectivity index (χ0n) is 11.5. The Labute approximate surface area is 121 Å². The number of amides is 1. The van der Waals surface area contributed by atoms with E-state index in [0.29, 0.717) is 24.7 Å². The number of hydrogen-bond donors (Lipinski definition) is 1. The molecule has 0 saturated heterocycles. The third kappa shape index (κ3) is 4.25. The summed E-state index contributed by atoms with van der Waals surface area (Å²) in [7, 11) is 1.56. The zero-order chi connectivity index (χ0) is 15.1. The molecule has 2 aromatic rings. The van der Waals surface area contributed by atoms with E-state index in [2.05, 4.69) is 10.3 Å². The van der Waals surface area contributed by atoms with Crippen LogP contribution < -0.4 is 10.1 Å². The SMILES string of the molecule is COCCOc1cc(C(=O)Nc2ccccc2F)ccn1. The van der Waals surface area contributed by atoms with Crippen molar-refractivity contribution in [3.8, 4) is 5.88 Å². The molecular weight excluding hydrogens is 275 g/mol. The van der Waals surface area contributed by atoms with Crippen LogP contribution in [0.1, 0.15) is 10.4 Å². The fourth-order valence-corrected chi connectivity index (χ4v) is 1.62. The van der Waals surface area contributed by atoms with Crippen molar-refractivity contribution in [3.63, 3.8) is 0 Å². The first kappa shape index (κ1) is 14.9. The summed E-state index contributed by atoms with van der Waals surface area (Å²) in [4.78, 5) is 16.0. The molecule has 2 rings (SSSR count). The van der Waals surface area contributed by atoms with Crippen molar-refractivity contribution in [2.24, 2.45) is 0 Å². The Balaban J connectivity index is 2.05. The number of para-hydroxylation sites is 1. The van der Waals surface area contributed by atoms with E-state index >= 15 is 0 Å². The molecule has 1 amide bonds. The first-order valence-corrected chi connectivity index (χ1v) is 6.34. The van der Waals surface area contributed by atoms with Gasteiger partial charge in [0.1, 0.15) is 12.4 Å². The zero-order valence-corrected chi connectivity index (χ0v) is 11.5. The number of ether oxygens (including phenoxy) is 2. The Morgan fingerprint density at radius 3 is 2.86 bits per heavy atom. The Bertz CT molecular complexity index is 619. The second-order valence-corrected chi connectivity index (χ2v) is 4.16.